The first-order valence-corrected chi connectivity index (χ1v) is 7.48. The zero-order valence-electron chi connectivity index (χ0n) is 12.6. The molecule has 1 atom stereocenters. The smallest absolute Gasteiger partial charge is 0.166 e. The predicted octanol–water partition coefficient (Wildman–Crippen LogP) is -1.78. The van der Waals surface area contributed by atoms with Gasteiger partial charge in [-0.3, -0.25) is 0 Å². The molecule has 2 aromatic carbocycles. The Labute approximate surface area is 138 Å². The highest BCUT2D eigenvalue weighted by Crippen LogP contribution is 2.34. The first-order valence-electron chi connectivity index (χ1n) is 7.48. The Hall–Kier alpha value is -1.39. The summed E-state index contributed by atoms with van der Waals surface area (Å²) >= 11 is 0. The quantitative estimate of drug-likeness (QED) is 0.689. The van der Waals surface area contributed by atoms with E-state index in [0.717, 1.165) is 24.1 Å². The molecule has 1 aliphatic rings. The normalized spacial score (nSPS) is 18.0. The number of aliphatic hydroxyl groups is 1. The molecule has 0 aromatic heterocycles. The van der Waals surface area contributed by atoms with Crippen molar-refractivity contribution in [3.8, 4) is 0 Å². The third-order valence-corrected chi connectivity index (χ3v) is 4.38. The van der Waals surface area contributed by atoms with E-state index in [1.807, 2.05) is 60.7 Å². The molecule has 0 spiro atoms. The van der Waals surface area contributed by atoms with Crippen LogP contribution in [0.2, 0.25) is 0 Å². The number of quaternary nitrogens is 1. The molecule has 1 fully saturated rings. The Morgan fingerprint density at radius 1 is 0.864 bits per heavy atom. The van der Waals surface area contributed by atoms with E-state index >= 15 is 0 Å². The van der Waals surface area contributed by atoms with Gasteiger partial charge in [0.2, 0.25) is 0 Å². The summed E-state index contributed by atoms with van der Waals surface area (Å²) in [5.74, 6) is 0. The molecule has 1 aliphatic heterocycles. The summed E-state index contributed by atoms with van der Waals surface area (Å²) in [7, 11) is 0. The molecule has 1 heterocycles. The van der Waals surface area contributed by atoms with Gasteiger partial charge in [0.25, 0.3) is 0 Å². The van der Waals surface area contributed by atoms with Crippen LogP contribution in [-0.4, -0.2) is 23.2 Å². The maximum Gasteiger partial charge on any atom is 0.166 e. The van der Waals surface area contributed by atoms with Gasteiger partial charge in [0.1, 0.15) is 6.04 Å². The van der Waals surface area contributed by atoms with Crippen molar-refractivity contribution in [2.24, 2.45) is 0 Å². The summed E-state index contributed by atoms with van der Waals surface area (Å²) in [5.41, 5.74) is 1.09. The monoisotopic (exact) mass is 321 g/mol. The third kappa shape index (κ3) is 3.50. The maximum absolute atomic E-state index is 11.5. The lowest BCUT2D eigenvalue weighted by Gasteiger charge is -2.37. The molecule has 0 aliphatic carbocycles. The lowest BCUT2D eigenvalue weighted by Crippen LogP contribution is -3.00. The zero-order chi connectivity index (χ0) is 13.8. The first kappa shape index (κ1) is 18.7. The van der Waals surface area contributed by atoms with Crippen molar-refractivity contribution in [1.82, 2.24) is 0 Å². The highest BCUT2D eigenvalue weighted by atomic mass is 35.5. The second kappa shape index (κ2) is 8.30. The van der Waals surface area contributed by atoms with Crippen LogP contribution in [-0.2, 0) is 5.60 Å². The van der Waals surface area contributed by atoms with Gasteiger partial charge in [-0.05, 0) is 24.0 Å². The van der Waals surface area contributed by atoms with E-state index in [1.54, 1.807) is 0 Å². The molecule has 0 saturated carbocycles. The Morgan fingerprint density at radius 2 is 1.36 bits per heavy atom. The van der Waals surface area contributed by atoms with Crippen molar-refractivity contribution in [3.63, 3.8) is 0 Å². The highest BCUT2D eigenvalue weighted by molar-refractivity contribution is 5.37. The second-order valence-corrected chi connectivity index (χ2v) is 5.63. The van der Waals surface area contributed by atoms with E-state index in [4.69, 9.17) is 0 Å². The highest BCUT2D eigenvalue weighted by Gasteiger charge is 2.43. The molecular formula is C18H24ClNO2. The molecular weight excluding hydrogens is 298 g/mol. The molecule has 120 valence electrons. The van der Waals surface area contributed by atoms with Gasteiger partial charge in [0.05, 0.1) is 6.54 Å². The van der Waals surface area contributed by atoms with Crippen LogP contribution in [0.3, 0.4) is 0 Å². The number of rotatable bonds is 3. The third-order valence-electron chi connectivity index (χ3n) is 4.38. The van der Waals surface area contributed by atoms with Gasteiger partial charge in [-0.1, -0.05) is 60.7 Å². The number of hydrogen-bond acceptors (Lipinski definition) is 1. The van der Waals surface area contributed by atoms with Gasteiger partial charge in [-0.25, -0.2) is 0 Å². The van der Waals surface area contributed by atoms with Crippen LogP contribution >= 0.6 is 0 Å². The average molecular weight is 322 g/mol. The number of hydrogen-bond donors (Lipinski definition) is 2. The van der Waals surface area contributed by atoms with Crippen LogP contribution in [0.25, 0.3) is 0 Å². The topological polar surface area (TPSA) is 68.3 Å². The standard InChI is InChI=1S/C18H21NO.ClH.H2O/c20-18(15-9-3-1-4-10-15,16-11-5-2-6-12-16)17-13-7-8-14-19-17;;/h1-6,9-12,17,19-20H,7-8,13-14H2;1H;1H2. The fourth-order valence-electron chi connectivity index (χ4n) is 3.30. The summed E-state index contributed by atoms with van der Waals surface area (Å²) in [6, 6.07) is 20.4. The second-order valence-electron chi connectivity index (χ2n) is 5.63. The lowest BCUT2D eigenvalue weighted by atomic mass is 9.77. The Morgan fingerprint density at radius 3 is 1.77 bits per heavy atom. The molecule has 4 heteroatoms. The van der Waals surface area contributed by atoms with Gasteiger partial charge in [-0.15, -0.1) is 0 Å². The number of halogens is 1. The van der Waals surface area contributed by atoms with Crippen molar-refractivity contribution in [3.05, 3.63) is 71.8 Å². The summed E-state index contributed by atoms with van der Waals surface area (Å²) in [4.78, 5) is 0. The van der Waals surface area contributed by atoms with E-state index in [9.17, 15) is 5.11 Å². The van der Waals surface area contributed by atoms with Crippen LogP contribution < -0.4 is 17.7 Å². The Balaban J connectivity index is 0.00000121. The van der Waals surface area contributed by atoms with Crippen molar-refractivity contribution in [2.75, 3.05) is 6.54 Å². The summed E-state index contributed by atoms with van der Waals surface area (Å²) in [6.07, 6.45) is 3.50. The van der Waals surface area contributed by atoms with Gasteiger partial charge < -0.3 is 28.3 Å². The molecule has 3 nitrogen and oxygen atoms in total. The van der Waals surface area contributed by atoms with Crippen LogP contribution in [0.15, 0.2) is 60.7 Å². The predicted molar refractivity (Wildman–Crippen MR) is 83.9 cm³/mol. The SMILES string of the molecule is O.OC(c1ccccc1)(c1ccccc1)C1CCCC[NH2+]1.[Cl-]. The molecule has 0 bridgehead atoms. The van der Waals surface area contributed by atoms with E-state index < -0.39 is 5.60 Å². The fourth-order valence-corrected chi connectivity index (χ4v) is 3.30. The first-order chi connectivity index (χ1) is 9.82. The molecule has 3 rings (SSSR count). The maximum atomic E-state index is 11.5. The van der Waals surface area contributed by atoms with E-state index in [2.05, 4.69) is 5.32 Å². The van der Waals surface area contributed by atoms with E-state index in [0.29, 0.717) is 0 Å². The van der Waals surface area contributed by atoms with Crippen LogP contribution in [0.4, 0.5) is 0 Å². The van der Waals surface area contributed by atoms with Gasteiger partial charge in [-0.2, -0.15) is 0 Å². The van der Waals surface area contributed by atoms with Gasteiger partial charge in [0.15, 0.2) is 5.60 Å². The molecule has 22 heavy (non-hydrogen) atoms. The largest absolute Gasteiger partial charge is 1.00 e. The van der Waals surface area contributed by atoms with E-state index in [1.165, 1.54) is 12.8 Å². The van der Waals surface area contributed by atoms with Crippen LogP contribution in [0, 0.1) is 0 Å². The number of benzene rings is 2. The lowest BCUT2D eigenvalue weighted by molar-refractivity contribution is -0.711. The van der Waals surface area contributed by atoms with Crippen molar-refractivity contribution < 1.29 is 28.3 Å². The van der Waals surface area contributed by atoms with Crippen LogP contribution in [0.1, 0.15) is 30.4 Å². The zero-order valence-corrected chi connectivity index (χ0v) is 13.3. The Bertz CT molecular complexity index is 502. The van der Waals surface area contributed by atoms with Crippen molar-refractivity contribution in [1.29, 1.82) is 0 Å². The van der Waals surface area contributed by atoms with Crippen molar-refractivity contribution in [2.45, 2.75) is 30.9 Å². The molecule has 1 unspecified atom stereocenters. The number of piperidine rings is 1. The van der Waals surface area contributed by atoms with Crippen LogP contribution in [0.5, 0.6) is 0 Å². The summed E-state index contributed by atoms with van der Waals surface area (Å²) in [5, 5.41) is 13.9. The van der Waals surface area contributed by atoms with Gasteiger partial charge in [0, 0.05) is 6.42 Å². The van der Waals surface area contributed by atoms with Crippen molar-refractivity contribution >= 4 is 0 Å². The molecule has 0 amide bonds. The average Bonchev–Trinajstić information content (AvgIpc) is 2.56. The minimum atomic E-state index is -0.900. The summed E-state index contributed by atoms with van der Waals surface area (Å²) in [6.45, 7) is 1.10. The Kier molecular flexibility index (Phi) is 7.04. The molecule has 5 N–H and O–H groups in total. The number of nitrogens with two attached hydrogens (primary N) is 1. The van der Waals surface area contributed by atoms with E-state index in [-0.39, 0.29) is 23.9 Å². The summed E-state index contributed by atoms with van der Waals surface area (Å²) < 4.78 is 0. The molecule has 0 radical (unpaired) electrons. The fraction of sp³-hybridized carbons (Fsp3) is 0.333. The molecule has 1 saturated heterocycles. The molecule has 2 aromatic rings. The van der Waals surface area contributed by atoms with Gasteiger partial charge >= 0.3 is 0 Å². The minimum absolute atomic E-state index is 0. The minimum Gasteiger partial charge on any atom is -1.00 e.